The van der Waals surface area contributed by atoms with Crippen molar-refractivity contribution in [3.63, 3.8) is 0 Å². The Balaban J connectivity index is 1.64. The molecular weight excluding hydrogens is 378 g/mol. The van der Waals surface area contributed by atoms with Gasteiger partial charge < -0.3 is 5.32 Å². The third kappa shape index (κ3) is 3.61. The molecule has 4 rings (SSSR count). The Morgan fingerprint density at radius 2 is 1.83 bits per heavy atom. The number of fused-ring (bicyclic) bond motifs is 1. The maximum Gasteiger partial charge on any atom is 0.293 e. The van der Waals surface area contributed by atoms with Gasteiger partial charge >= 0.3 is 0 Å². The van der Waals surface area contributed by atoms with Crippen LogP contribution in [-0.2, 0) is 11.3 Å². The van der Waals surface area contributed by atoms with Crippen LogP contribution in [0, 0.1) is 27.7 Å². The molecule has 0 saturated carbocycles. The highest BCUT2D eigenvalue weighted by molar-refractivity contribution is 5.91. The first-order chi connectivity index (χ1) is 14.3. The second-order valence-electron chi connectivity index (χ2n) is 7.57. The summed E-state index contributed by atoms with van der Waals surface area (Å²) in [6.07, 6.45) is 1.45. The standard InChI is InChI=1S/C23H23N5O2/c1-14-8-9-16(3)18(10-14)20-11-21-23(30)27(24-13-28(21)26-20)12-22(29)25-19-7-5-6-15(2)17(19)4/h5-11,13H,12H2,1-4H3,(H,25,29). The molecule has 1 amide bonds. The summed E-state index contributed by atoms with van der Waals surface area (Å²) in [4.78, 5) is 25.4. The van der Waals surface area contributed by atoms with Crippen LogP contribution in [-0.4, -0.2) is 25.3 Å². The summed E-state index contributed by atoms with van der Waals surface area (Å²) in [7, 11) is 0. The highest BCUT2D eigenvalue weighted by atomic mass is 16.2. The van der Waals surface area contributed by atoms with Crippen LogP contribution in [0.15, 0.2) is 53.6 Å². The molecule has 2 aromatic carbocycles. The van der Waals surface area contributed by atoms with E-state index in [0.29, 0.717) is 11.2 Å². The molecule has 0 bridgehead atoms. The lowest BCUT2D eigenvalue weighted by molar-refractivity contribution is -0.117. The van der Waals surface area contributed by atoms with Crippen LogP contribution in [0.4, 0.5) is 5.69 Å². The molecule has 0 radical (unpaired) electrons. The first kappa shape index (κ1) is 19.6. The molecule has 0 unspecified atom stereocenters. The van der Waals surface area contributed by atoms with Crippen LogP contribution < -0.4 is 10.9 Å². The average Bonchev–Trinajstić information content (AvgIpc) is 3.14. The van der Waals surface area contributed by atoms with Gasteiger partial charge in [-0.05, 0) is 62.6 Å². The minimum atomic E-state index is -0.363. The SMILES string of the molecule is Cc1ccc(C)c(-c2cc3c(=O)n(CC(=O)Nc4cccc(C)c4C)ncn3n2)c1. The number of aryl methyl sites for hydroxylation is 3. The van der Waals surface area contributed by atoms with Gasteiger partial charge in [0.1, 0.15) is 18.4 Å². The number of anilines is 1. The number of aromatic nitrogens is 4. The molecule has 2 heterocycles. The highest BCUT2D eigenvalue weighted by Crippen LogP contribution is 2.23. The van der Waals surface area contributed by atoms with E-state index in [1.54, 1.807) is 6.07 Å². The van der Waals surface area contributed by atoms with Gasteiger partial charge in [-0.25, -0.2) is 9.20 Å². The molecule has 4 aromatic rings. The van der Waals surface area contributed by atoms with E-state index >= 15 is 0 Å². The molecule has 0 aliphatic carbocycles. The number of rotatable bonds is 4. The van der Waals surface area contributed by atoms with E-state index in [0.717, 1.165) is 38.2 Å². The average molecular weight is 401 g/mol. The predicted molar refractivity (Wildman–Crippen MR) is 117 cm³/mol. The molecule has 0 aliphatic heterocycles. The van der Waals surface area contributed by atoms with E-state index in [2.05, 4.69) is 15.5 Å². The largest absolute Gasteiger partial charge is 0.324 e. The van der Waals surface area contributed by atoms with E-state index in [9.17, 15) is 9.59 Å². The molecule has 0 spiro atoms. The van der Waals surface area contributed by atoms with Gasteiger partial charge in [-0.15, -0.1) is 0 Å². The van der Waals surface area contributed by atoms with Crippen molar-refractivity contribution in [2.45, 2.75) is 34.2 Å². The molecule has 1 N–H and O–H groups in total. The molecule has 0 saturated heterocycles. The first-order valence-electron chi connectivity index (χ1n) is 9.72. The van der Waals surface area contributed by atoms with Crippen molar-refractivity contribution in [3.05, 3.63) is 81.4 Å². The second-order valence-corrected chi connectivity index (χ2v) is 7.57. The highest BCUT2D eigenvalue weighted by Gasteiger charge is 2.14. The molecule has 7 heteroatoms. The topological polar surface area (TPSA) is 81.3 Å². The van der Waals surface area contributed by atoms with Crippen molar-refractivity contribution in [1.29, 1.82) is 0 Å². The number of nitrogens with one attached hydrogen (secondary N) is 1. The van der Waals surface area contributed by atoms with Crippen LogP contribution in [0.5, 0.6) is 0 Å². The Labute approximate surface area is 174 Å². The van der Waals surface area contributed by atoms with Gasteiger partial charge in [0.2, 0.25) is 5.91 Å². The summed E-state index contributed by atoms with van der Waals surface area (Å²) < 4.78 is 2.61. The summed E-state index contributed by atoms with van der Waals surface area (Å²) >= 11 is 0. The van der Waals surface area contributed by atoms with E-state index in [-0.39, 0.29) is 18.0 Å². The van der Waals surface area contributed by atoms with Crippen LogP contribution in [0.25, 0.3) is 16.8 Å². The van der Waals surface area contributed by atoms with E-state index < -0.39 is 0 Å². The zero-order valence-electron chi connectivity index (χ0n) is 17.4. The van der Waals surface area contributed by atoms with Crippen molar-refractivity contribution < 1.29 is 4.79 Å². The summed E-state index contributed by atoms with van der Waals surface area (Å²) in [6.45, 7) is 7.78. The number of amides is 1. The molecule has 30 heavy (non-hydrogen) atoms. The maximum atomic E-state index is 12.9. The normalized spacial score (nSPS) is 11.1. The summed E-state index contributed by atoms with van der Waals surface area (Å²) in [6, 6.07) is 13.6. The quantitative estimate of drug-likeness (QED) is 0.568. The van der Waals surface area contributed by atoms with Gasteiger partial charge in [-0.2, -0.15) is 10.2 Å². The smallest absolute Gasteiger partial charge is 0.293 e. The van der Waals surface area contributed by atoms with Gasteiger partial charge in [0.05, 0.1) is 5.69 Å². The molecule has 0 aliphatic rings. The Morgan fingerprint density at radius 3 is 2.63 bits per heavy atom. The van der Waals surface area contributed by atoms with Crippen LogP contribution >= 0.6 is 0 Å². The monoisotopic (exact) mass is 401 g/mol. The fourth-order valence-corrected chi connectivity index (χ4v) is 3.41. The Bertz CT molecular complexity index is 1330. The van der Waals surface area contributed by atoms with Crippen molar-refractivity contribution >= 4 is 17.1 Å². The lowest BCUT2D eigenvalue weighted by atomic mass is 10.0. The Hall–Kier alpha value is -3.74. The zero-order chi connectivity index (χ0) is 21.4. The van der Waals surface area contributed by atoms with Crippen LogP contribution in [0.1, 0.15) is 22.3 Å². The zero-order valence-corrected chi connectivity index (χ0v) is 17.4. The number of carbonyl (C=O) groups excluding carboxylic acids is 1. The number of nitrogens with zero attached hydrogens (tertiary/aromatic N) is 4. The van der Waals surface area contributed by atoms with Gasteiger partial charge in [-0.3, -0.25) is 9.59 Å². The lowest BCUT2D eigenvalue weighted by Crippen LogP contribution is -2.30. The molecule has 152 valence electrons. The van der Waals surface area contributed by atoms with Gasteiger partial charge in [0, 0.05) is 11.3 Å². The maximum absolute atomic E-state index is 12.9. The molecule has 0 fully saturated rings. The third-order valence-corrected chi connectivity index (χ3v) is 5.33. The first-order valence-corrected chi connectivity index (χ1v) is 9.72. The van der Waals surface area contributed by atoms with Crippen molar-refractivity contribution in [1.82, 2.24) is 19.4 Å². The number of hydrogen-bond donors (Lipinski definition) is 1. The lowest BCUT2D eigenvalue weighted by Gasteiger charge is -2.10. The number of benzene rings is 2. The second kappa shape index (κ2) is 7.59. The van der Waals surface area contributed by atoms with Crippen LogP contribution in [0.2, 0.25) is 0 Å². The molecule has 0 atom stereocenters. The fraction of sp³-hybridized carbons (Fsp3) is 0.217. The van der Waals surface area contributed by atoms with Gasteiger partial charge in [-0.1, -0.05) is 29.8 Å². The van der Waals surface area contributed by atoms with Crippen molar-refractivity contribution in [2.75, 3.05) is 5.32 Å². The molecular formula is C23H23N5O2. The number of carbonyl (C=O) groups is 1. The van der Waals surface area contributed by atoms with Gasteiger partial charge in [0.15, 0.2) is 0 Å². The third-order valence-electron chi connectivity index (χ3n) is 5.33. The van der Waals surface area contributed by atoms with Gasteiger partial charge in [0.25, 0.3) is 5.56 Å². The van der Waals surface area contributed by atoms with E-state index in [1.807, 2.05) is 64.1 Å². The summed E-state index contributed by atoms with van der Waals surface area (Å²) in [5, 5.41) is 11.5. The Morgan fingerprint density at radius 1 is 1.03 bits per heavy atom. The minimum absolute atomic E-state index is 0.174. The Kier molecular flexibility index (Phi) is 4.95. The minimum Gasteiger partial charge on any atom is -0.324 e. The van der Waals surface area contributed by atoms with E-state index in [1.165, 1.54) is 10.8 Å². The van der Waals surface area contributed by atoms with Crippen molar-refractivity contribution in [2.24, 2.45) is 0 Å². The number of hydrogen-bond acceptors (Lipinski definition) is 4. The predicted octanol–water partition coefficient (Wildman–Crippen LogP) is 3.43. The van der Waals surface area contributed by atoms with Crippen LogP contribution in [0.3, 0.4) is 0 Å². The summed E-state index contributed by atoms with van der Waals surface area (Å²) in [5.74, 6) is -0.308. The van der Waals surface area contributed by atoms with E-state index in [4.69, 9.17) is 0 Å². The summed E-state index contributed by atoms with van der Waals surface area (Å²) in [5.41, 5.74) is 6.69. The molecule has 2 aromatic heterocycles. The fourth-order valence-electron chi connectivity index (χ4n) is 3.41. The molecule has 7 nitrogen and oxygen atoms in total. The van der Waals surface area contributed by atoms with Crippen molar-refractivity contribution in [3.8, 4) is 11.3 Å².